The molecule has 0 saturated heterocycles. The van der Waals surface area contributed by atoms with Gasteiger partial charge in [0.2, 0.25) is 5.89 Å². The summed E-state index contributed by atoms with van der Waals surface area (Å²) in [7, 11) is 1.97. The van der Waals surface area contributed by atoms with Crippen molar-refractivity contribution in [2.75, 3.05) is 25.2 Å². The maximum absolute atomic E-state index is 12.3. The second kappa shape index (κ2) is 8.33. The number of amides is 1. The molecule has 0 bridgehead atoms. The minimum atomic E-state index is -0.0130. The molecule has 0 aliphatic rings. The number of aromatic nitrogens is 1. The van der Waals surface area contributed by atoms with Crippen molar-refractivity contribution >= 4 is 34.7 Å². The van der Waals surface area contributed by atoms with E-state index in [0.717, 1.165) is 26.1 Å². The van der Waals surface area contributed by atoms with Crippen molar-refractivity contribution in [1.82, 2.24) is 4.98 Å². The number of nitrogens with zero attached hydrogens (tertiary/aromatic N) is 1. The minimum absolute atomic E-state index is 0.0130. The first-order chi connectivity index (χ1) is 12.2. The second-order valence-electron chi connectivity index (χ2n) is 5.68. The molecule has 1 amide bonds. The van der Waals surface area contributed by atoms with E-state index in [1.54, 1.807) is 29.4 Å². The second-order valence-corrected chi connectivity index (χ2v) is 7.48. The van der Waals surface area contributed by atoms with Crippen LogP contribution in [-0.2, 0) is 11.3 Å². The fraction of sp³-hybridized carbons (Fsp3) is 0.222. The van der Waals surface area contributed by atoms with Gasteiger partial charge >= 0.3 is 0 Å². The Morgan fingerprint density at radius 3 is 2.92 bits per heavy atom. The standard InChI is InChI=1S/C18H19N3O2S2/c1-21(10-13-12-23-18(19-13)16-8-5-9-25-16)11-17(22)20-14-6-3-4-7-15(14)24-2/h3-9,12H,10-11H2,1-2H3,(H,20,22)/p+1. The van der Waals surface area contributed by atoms with Crippen LogP contribution in [0.15, 0.2) is 57.4 Å². The first-order valence-corrected chi connectivity index (χ1v) is 9.98. The molecule has 0 spiro atoms. The number of oxazole rings is 1. The lowest BCUT2D eigenvalue weighted by Gasteiger charge is -2.13. The number of hydrogen-bond donors (Lipinski definition) is 2. The first-order valence-electron chi connectivity index (χ1n) is 7.88. The summed E-state index contributed by atoms with van der Waals surface area (Å²) in [6.45, 7) is 0.996. The molecule has 7 heteroatoms. The monoisotopic (exact) mass is 374 g/mol. The van der Waals surface area contributed by atoms with E-state index < -0.39 is 0 Å². The van der Waals surface area contributed by atoms with Gasteiger partial charge < -0.3 is 14.6 Å². The van der Waals surface area contributed by atoms with Crippen molar-refractivity contribution in [3.05, 3.63) is 53.7 Å². The van der Waals surface area contributed by atoms with Crippen molar-refractivity contribution in [3.8, 4) is 10.8 Å². The highest BCUT2D eigenvalue weighted by Crippen LogP contribution is 2.24. The number of rotatable bonds is 7. The average molecular weight is 375 g/mol. The summed E-state index contributed by atoms with van der Waals surface area (Å²) in [6.07, 6.45) is 3.66. The Morgan fingerprint density at radius 2 is 2.16 bits per heavy atom. The molecule has 2 aromatic heterocycles. The van der Waals surface area contributed by atoms with E-state index in [4.69, 9.17) is 4.42 Å². The van der Waals surface area contributed by atoms with Gasteiger partial charge in [0.25, 0.3) is 5.91 Å². The van der Waals surface area contributed by atoms with Crippen molar-refractivity contribution in [3.63, 3.8) is 0 Å². The summed E-state index contributed by atoms with van der Waals surface area (Å²) in [5.74, 6) is 0.622. The van der Waals surface area contributed by atoms with Gasteiger partial charge in [0.15, 0.2) is 6.54 Å². The van der Waals surface area contributed by atoms with Crippen LogP contribution in [0.1, 0.15) is 5.69 Å². The third-order valence-electron chi connectivity index (χ3n) is 3.61. The zero-order valence-corrected chi connectivity index (χ0v) is 15.7. The van der Waals surface area contributed by atoms with Crippen molar-refractivity contribution in [2.24, 2.45) is 0 Å². The molecule has 5 nitrogen and oxygen atoms in total. The number of thiophene rings is 1. The molecule has 1 unspecified atom stereocenters. The maximum atomic E-state index is 12.3. The highest BCUT2D eigenvalue weighted by molar-refractivity contribution is 7.98. The molecular weight excluding hydrogens is 354 g/mol. The molecule has 2 N–H and O–H groups in total. The van der Waals surface area contributed by atoms with Crippen LogP contribution in [0, 0.1) is 0 Å². The number of benzene rings is 1. The van der Waals surface area contributed by atoms with Gasteiger partial charge in [-0.1, -0.05) is 18.2 Å². The Morgan fingerprint density at radius 1 is 1.32 bits per heavy atom. The molecule has 3 rings (SSSR count). The van der Waals surface area contributed by atoms with E-state index in [1.807, 2.05) is 55.1 Å². The van der Waals surface area contributed by atoms with Crippen LogP contribution in [0.3, 0.4) is 0 Å². The Bertz CT molecular complexity index is 830. The largest absolute Gasteiger partial charge is 0.443 e. The number of thioether (sulfide) groups is 1. The van der Waals surface area contributed by atoms with Crippen molar-refractivity contribution in [2.45, 2.75) is 11.4 Å². The lowest BCUT2D eigenvalue weighted by molar-refractivity contribution is -0.885. The predicted molar refractivity (Wildman–Crippen MR) is 102 cm³/mol. The zero-order chi connectivity index (χ0) is 17.6. The lowest BCUT2D eigenvalue weighted by atomic mass is 10.3. The quantitative estimate of drug-likeness (QED) is 0.625. The summed E-state index contributed by atoms with van der Waals surface area (Å²) in [5, 5.41) is 4.98. The van der Waals surface area contributed by atoms with Crippen LogP contribution < -0.4 is 10.2 Å². The van der Waals surface area contributed by atoms with Gasteiger partial charge in [-0.25, -0.2) is 4.98 Å². The van der Waals surface area contributed by atoms with E-state index in [9.17, 15) is 4.79 Å². The summed E-state index contributed by atoms with van der Waals surface area (Å²) in [6, 6.07) is 11.8. The Hall–Kier alpha value is -2.09. The van der Waals surface area contributed by atoms with E-state index in [2.05, 4.69) is 10.3 Å². The molecule has 0 fully saturated rings. The minimum Gasteiger partial charge on any atom is -0.443 e. The van der Waals surface area contributed by atoms with Crippen LogP contribution >= 0.6 is 23.1 Å². The van der Waals surface area contributed by atoms with Crippen molar-refractivity contribution < 1.29 is 14.1 Å². The van der Waals surface area contributed by atoms with Gasteiger partial charge in [-0.2, -0.15) is 0 Å². The van der Waals surface area contributed by atoms with Gasteiger partial charge in [-0.05, 0) is 29.8 Å². The van der Waals surface area contributed by atoms with Gasteiger partial charge in [0, 0.05) is 4.90 Å². The van der Waals surface area contributed by atoms with Crippen LogP contribution in [0.25, 0.3) is 10.8 Å². The molecule has 0 saturated carbocycles. The Kier molecular flexibility index (Phi) is 5.91. The molecule has 3 aromatic rings. The number of nitrogens with one attached hydrogen (secondary N) is 2. The van der Waals surface area contributed by atoms with Crippen molar-refractivity contribution in [1.29, 1.82) is 0 Å². The zero-order valence-electron chi connectivity index (χ0n) is 14.1. The summed E-state index contributed by atoms with van der Waals surface area (Å²) < 4.78 is 5.52. The number of para-hydroxylation sites is 1. The van der Waals surface area contributed by atoms with Crippen LogP contribution in [-0.4, -0.2) is 30.7 Å². The molecule has 0 aliphatic heterocycles. The fourth-order valence-electron chi connectivity index (χ4n) is 2.49. The van der Waals surface area contributed by atoms with Gasteiger partial charge in [0.1, 0.15) is 18.5 Å². The molecular formula is C18H20N3O2S2+. The van der Waals surface area contributed by atoms with E-state index in [0.29, 0.717) is 19.0 Å². The number of likely N-dealkylation sites (N-methyl/N-ethyl adjacent to an activating group) is 1. The molecule has 0 radical (unpaired) electrons. The van der Waals surface area contributed by atoms with Crippen LogP contribution in [0.4, 0.5) is 5.69 Å². The summed E-state index contributed by atoms with van der Waals surface area (Å²) in [5.41, 5.74) is 1.70. The topological polar surface area (TPSA) is 59.6 Å². The predicted octanol–water partition coefficient (Wildman–Crippen LogP) is 2.78. The number of carbonyl (C=O) groups excluding carboxylic acids is 1. The van der Waals surface area contributed by atoms with Gasteiger partial charge in [-0.15, -0.1) is 23.1 Å². The highest BCUT2D eigenvalue weighted by Gasteiger charge is 2.15. The maximum Gasteiger partial charge on any atom is 0.279 e. The van der Waals surface area contributed by atoms with E-state index >= 15 is 0 Å². The Labute approximate surface area is 155 Å². The molecule has 0 aliphatic carbocycles. The molecule has 130 valence electrons. The van der Waals surface area contributed by atoms with Gasteiger partial charge in [-0.3, -0.25) is 4.79 Å². The highest BCUT2D eigenvalue weighted by atomic mass is 32.2. The number of anilines is 1. The molecule has 25 heavy (non-hydrogen) atoms. The number of carbonyl (C=O) groups is 1. The number of hydrogen-bond acceptors (Lipinski definition) is 5. The lowest BCUT2D eigenvalue weighted by Crippen LogP contribution is -3.08. The summed E-state index contributed by atoms with van der Waals surface area (Å²) in [4.78, 5) is 19.9. The van der Waals surface area contributed by atoms with Crippen LogP contribution in [0.5, 0.6) is 0 Å². The molecule has 2 heterocycles. The van der Waals surface area contributed by atoms with Gasteiger partial charge in [0.05, 0.1) is 17.6 Å². The summed E-state index contributed by atoms with van der Waals surface area (Å²) >= 11 is 3.21. The Balaban J connectivity index is 1.55. The average Bonchev–Trinajstić information content (AvgIpc) is 3.26. The smallest absolute Gasteiger partial charge is 0.279 e. The molecule has 1 atom stereocenters. The van der Waals surface area contributed by atoms with E-state index in [-0.39, 0.29) is 5.91 Å². The SMILES string of the molecule is CSc1ccccc1NC(=O)C[NH+](C)Cc1coc(-c2cccs2)n1. The van der Waals surface area contributed by atoms with E-state index in [1.165, 1.54) is 0 Å². The third-order valence-corrected chi connectivity index (χ3v) is 5.26. The third kappa shape index (κ3) is 4.72. The molecule has 1 aromatic carbocycles. The van der Waals surface area contributed by atoms with Crippen LogP contribution in [0.2, 0.25) is 0 Å². The normalized spacial score (nSPS) is 12.1. The first kappa shape index (κ1) is 17.7. The fourth-order valence-corrected chi connectivity index (χ4v) is 3.70. The number of quaternary nitrogens is 1.